The van der Waals surface area contributed by atoms with Gasteiger partial charge in [-0.25, -0.2) is 15.0 Å². The van der Waals surface area contributed by atoms with Crippen LogP contribution in [-0.2, 0) is 4.74 Å². The highest BCUT2D eigenvalue weighted by Gasteiger charge is 2.90. The van der Waals surface area contributed by atoms with Crippen molar-refractivity contribution >= 4 is 29.6 Å². The minimum atomic E-state index is -1.09. The van der Waals surface area contributed by atoms with E-state index >= 15 is 0 Å². The van der Waals surface area contributed by atoms with E-state index in [0.29, 0.717) is 17.0 Å². The predicted octanol–water partition coefficient (Wildman–Crippen LogP) is 1.16. The average molecular weight is 321 g/mol. The third kappa shape index (κ3) is 1.23. The van der Waals surface area contributed by atoms with E-state index in [-0.39, 0.29) is 11.5 Å². The SMILES string of the molecule is CC[C@H]1O[C@@H](n2cnc3c(N)ncnc32)[C@@]2(O)C(C)(C)[C@@]12S. The van der Waals surface area contributed by atoms with Crippen molar-refractivity contribution < 1.29 is 9.84 Å². The number of ether oxygens (including phenoxy) is 1. The first-order valence-corrected chi connectivity index (χ1v) is 7.78. The van der Waals surface area contributed by atoms with E-state index in [1.165, 1.54) is 6.33 Å². The number of nitrogen functional groups attached to an aromatic ring is 1. The normalized spacial score (nSPS) is 39.1. The molecule has 0 amide bonds. The molecule has 118 valence electrons. The van der Waals surface area contributed by atoms with Crippen LogP contribution in [0.2, 0.25) is 0 Å². The Morgan fingerprint density at radius 3 is 2.77 bits per heavy atom. The molecular formula is C14H19N5O2S. The van der Waals surface area contributed by atoms with Crippen molar-refractivity contribution in [2.24, 2.45) is 5.41 Å². The molecule has 2 fully saturated rings. The van der Waals surface area contributed by atoms with E-state index in [1.807, 2.05) is 20.8 Å². The Morgan fingerprint density at radius 2 is 2.14 bits per heavy atom. The molecule has 0 unspecified atom stereocenters. The molecule has 2 aromatic rings. The van der Waals surface area contributed by atoms with E-state index in [9.17, 15) is 5.11 Å². The molecule has 0 bridgehead atoms. The Morgan fingerprint density at radius 1 is 1.41 bits per heavy atom. The van der Waals surface area contributed by atoms with Crippen LogP contribution >= 0.6 is 12.6 Å². The average Bonchev–Trinajstić information content (AvgIpc) is 2.86. The van der Waals surface area contributed by atoms with Crippen LogP contribution in [-0.4, -0.2) is 41.1 Å². The molecule has 4 rings (SSSR count). The number of imidazole rings is 1. The number of aliphatic hydroxyl groups is 1. The molecule has 4 atom stereocenters. The summed E-state index contributed by atoms with van der Waals surface area (Å²) in [4.78, 5) is 12.5. The van der Waals surface area contributed by atoms with Gasteiger partial charge >= 0.3 is 0 Å². The van der Waals surface area contributed by atoms with Crippen LogP contribution < -0.4 is 5.73 Å². The van der Waals surface area contributed by atoms with Crippen LogP contribution in [0.3, 0.4) is 0 Å². The van der Waals surface area contributed by atoms with Crippen molar-refractivity contribution in [2.45, 2.75) is 49.9 Å². The number of fused-ring (bicyclic) bond motifs is 2. The first-order valence-electron chi connectivity index (χ1n) is 7.34. The zero-order valence-electron chi connectivity index (χ0n) is 12.7. The Balaban J connectivity index is 1.88. The van der Waals surface area contributed by atoms with Gasteiger partial charge in [0.25, 0.3) is 0 Å². The Bertz CT molecular complexity index is 778. The summed E-state index contributed by atoms with van der Waals surface area (Å²) in [7, 11) is 0. The number of thiol groups is 1. The molecule has 2 aliphatic rings. The maximum absolute atomic E-state index is 11.3. The van der Waals surface area contributed by atoms with Crippen molar-refractivity contribution in [3.8, 4) is 0 Å². The van der Waals surface area contributed by atoms with Crippen molar-refractivity contribution in [2.75, 3.05) is 5.73 Å². The first-order chi connectivity index (χ1) is 10.3. The number of nitrogens with two attached hydrogens (primary N) is 1. The Kier molecular flexibility index (Phi) is 2.54. The molecule has 7 nitrogen and oxygen atoms in total. The summed E-state index contributed by atoms with van der Waals surface area (Å²) in [5.74, 6) is 0.313. The number of hydrogen-bond acceptors (Lipinski definition) is 7. The second-order valence-electron chi connectivity index (χ2n) is 6.63. The fourth-order valence-corrected chi connectivity index (χ4v) is 4.84. The maximum atomic E-state index is 11.3. The highest BCUT2D eigenvalue weighted by Crippen LogP contribution is 2.79. The topological polar surface area (TPSA) is 99.1 Å². The number of hydrogen-bond donors (Lipinski definition) is 3. The van der Waals surface area contributed by atoms with Crippen LogP contribution in [0.25, 0.3) is 11.2 Å². The van der Waals surface area contributed by atoms with E-state index in [2.05, 4.69) is 15.0 Å². The summed E-state index contributed by atoms with van der Waals surface area (Å²) >= 11 is 4.80. The number of anilines is 1. The lowest BCUT2D eigenvalue weighted by atomic mass is 10.0. The minimum absolute atomic E-state index is 0.141. The largest absolute Gasteiger partial charge is 0.383 e. The quantitative estimate of drug-likeness (QED) is 0.718. The lowest BCUT2D eigenvalue weighted by molar-refractivity contribution is -0.102. The molecule has 1 saturated heterocycles. The van der Waals surface area contributed by atoms with Gasteiger partial charge in [0.2, 0.25) is 0 Å². The van der Waals surface area contributed by atoms with Gasteiger partial charge in [-0.2, -0.15) is 12.6 Å². The summed E-state index contributed by atoms with van der Waals surface area (Å²) in [5, 5.41) is 11.3. The predicted molar refractivity (Wildman–Crippen MR) is 84.4 cm³/mol. The van der Waals surface area contributed by atoms with Gasteiger partial charge in [-0.15, -0.1) is 0 Å². The van der Waals surface area contributed by atoms with E-state index in [0.717, 1.165) is 6.42 Å². The monoisotopic (exact) mass is 321 g/mol. The van der Waals surface area contributed by atoms with Crippen LogP contribution in [0.5, 0.6) is 0 Å². The molecule has 22 heavy (non-hydrogen) atoms. The second-order valence-corrected chi connectivity index (χ2v) is 7.33. The third-order valence-corrected chi connectivity index (χ3v) is 6.74. The zero-order chi connectivity index (χ0) is 15.9. The molecule has 1 aliphatic carbocycles. The van der Waals surface area contributed by atoms with E-state index < -0.39 is 16.6 Å². The molecule has 0 spiro atoms. The van der Waals surface area contributed by atoms with Gasteiger partial charge in [0.05, 0.1) is 17.2 Å². The van der Waals surface area contributed by atoms with Crippen LogP contribution in [0.15, 0.2) is 12.7 Å². The van der Waals surface area contributed by atoms with Crippen LogP contribution in [0, 0.1) is 5.41 Å². The lowest BCUT2D eigenvalue weighted by Crippen LogP contribution is -2.31. The Hall–Kier alpha value is -1.38. The smallest absolute Gasteiger partial charge is 0.167 e. The molecule has 1 saturated carbocycles. The number of nitrogens with zero attached hydrogens (tertiary/aromatic N) is 4. The first kappa shape index (κ1) is 14.2. The molecule has 0 radical (unpaired) electrons. The highest BCUT2D eigenvalue weighted by atomic mass is 32.1. The molecule has 3 heterocycles. The molecule has 8 heteroatoms. The van der Waals surface area contributed by atoms with Gasteiger partial charge in [0.1, 0.15) is 17.4 Å². The number of rotatable bonds is 2. The van der Waals surface area contributed by atoms with Crippen molar-refractivity contribution in [1.82, 2.24) is 19.5 Å². The molecular weight excluding hydrogens is 302 g/mol. The third-order valence-electron chi connectivity index (χ3n) is 5.55. The standard InChI is InChI=1S/C14H19N5O2S/c1-4-7-14(22)12(2,3)13(14,20)11(21-7)19-6-18-8-9(15)16-5-17-10(8)19/h5-7,11,20,22H,4H2,1-3H3,(H2,15,16,17)/t7-,11-,13-,14+/m1/s1. The summed E-state index contributed by atoms with van der Waals surface area (Å²) < 4.78 is 7.25. The van der Waals surface area contributed by atoms with E-state index in [1.54, 1.807) is 10.9 Å². The second kappa shape index (κ2) is 3.93. The molecule has 3 N–H and O–H groups in total. The van der Waals surface area contributed by atoms with Crippen molar-refractivity contribution in [3.05, 3.63) is 12.7 Å². The van der Waals surface area contributed by atoms with Gasteiger partial charge in [-0.05, 0) is 6.42 Å². The Labute approximate surface area is 133 Å². The lowest BCUT2D eigenvalue weighted by Gasteiger charge is -2.27. The fourth-order valence-electron chi connectivity index (χ4n) is 4.09. The molecule has 1 aliphatic heterocycles. The van der Waals surface area contributed by atoms with Gasteiger partial charge in [0.15, 0.2) is 17.7 Å². The zero-order valence-corrected chi connectivity index (χ0v) is 13.6. The number of aromatic nitrogens is 4. The summed E-state index contributed by atoms with van der Waals surface area (Å²) in [6, 6.07) is 0. The summed E-state index contributed by atoms with van der Waals surface area (Å²) in [6.45, 7) is 6.06. The van der Waals surface area contributed by atoms with Gasteiger partial charge in [-0.1, -0.05) is 20.8 Å². The maximum Gasteiger partial charge on any atom is 0.167 e. The highest BCUT2D eigenvalue weighted by molar-refractivity contribution is 7.82. The fraction of sp³-hybridized carbons (Fsp3) is 0.643. The van der Waals surface area contributed by atoms with Crippen LogP contribution in [0.4, 0.5) is 5.82 Å². The van der Waals surface area contributed by atoms with Gasteiger partial charge in [-0.3, -0.25) is 4.57 Å². The molecule has 0 aromatic carbocycles. The van der Waals surface area contributed by atoms with Gasteiger partial charge < -0.3 is 15.6 Å². The summed E-state index contributed by atoms with van der Waals surface area (Å²) in [5.41, 5.74) is 5.44. The minimum Gasteiger partial charge on any atom is -0.383 e. The van der Waals surface area contributed by atoms with Crippen LogP contribution in [0.1, 0.15) is 33.4 Å². The molecule has 2 aromatic heterocycles. The van der Waals surface area contributed by atoms with Crippen molar-refractivity contribution in [3.63, 3.8) is 0 Å². The van der Waals surface area contributed by atoms with Gasteiger partial charge in [0, 0.05) is 5.41 Å². The van der Waals surface area contributed by atoms with Crippen molar-refractivity contribution in [1.29, 1.82) is 0 Å². The summed E-state index contributed by atoms with van der Waals surface area (Å²) in [6.07, 6.45) is 3.02. The van der Waals surface area contributed by atoms with E-state index in [4.69, 9.17) is 23.1 Å².